The van der Waals surface area contributed by atoms with Crippen LogP contribution in [0.5, 0.6) is 0 Å². The monoisotopic (exact) mass is 247 g/mol. The van der Waals surface area contributed by atoms with Crippen LogP contribution in [0.3, 0.4) is 0 Å². The fraction of sp³-hybridized carbons (Fsp3) is 0.429. The number of hydrogen-bond acceptors (Lipinski definition) is 1. The first-order chi connectivity index (χ1) is 8.06. The maximum Gasteiger partial charge on any atom is 0.122 e. The topological polar surface area (TPSA) is 14.2 Å². The zero-order valence-corrected chi connectivity index (χ0v) is 11.9. The Kier molecular flexibility index (Phi) is 3.69. The SMILES string of the molecule is C[Si](C)(C)CCOCn1ccc2ccccc21. The molecule has 0 saturated heterocycles. The Bertz CT molecular complexity index is 484. The Morgan fingerprint density at radius 3 is 2.65 bits per heavy atom. The molecule has 2 nitrogen and oxygen atoms in total. The summed E-state index contributed by atoms with van der Waals surface area (Å²) >= 11 is 0. The van der Waals surface area contributed by atoms with Crippen molar-refractivity contribution in [3.63, 3.8) is 0 Å². The highest BCUT2D eigenvalue weighted by molar-refractivity contribution is 6.76. The van der Waals surface area contributed by atoms with E-state index in [-0.39, 0.29) is 0 Å². The molecule has 1 aromatic carbocycles. The van der Waals surface area contributed by atoms with Gasteiger partial charge in [0.25, 0.3) is 0 Å². The average Bonchev–Trinajstić information content (AvgIpc) is 2.67. The van der Waals surface area contributed by atoms with Crippen LogP contribution < -0.4 is 0 Å². The lowest BCUT2D eigenvalue weighted by Crippen LogP contribution is -2.21. The Hall–Kier alpha value is -1.06. The van der Waals surface area contributed by atoms with Crippen molar-refractivity contribution < 1.29 is 4.74 Å². The molecule has 0 spiro atoms. The van der Waals surface area contributed by atoms with Crippen molar-refractivity contribution in [1.29, 1.82) is 0 Å². The first kappa shape index (κ1) is 12.4. The third-order valence-corrected chi connectivity index (χ3v) is 4.61. The van der Waals surface area contributed by atoms with Crippen LogP contribution in [-0.4, -0.2) is 19.2 Å². The highest BCUT2D eigenvalue weighted by Crippen LogP contribution is 2.15. The first-order valence-electron chi connectivity index (χ1n) is 6.18. The van der Waals surface area contributed by atoms with Crippen LogP contribution in [0.25, 0.3) is 10.9 Å². The van der Waals surface area contributed by atoms with Crippen LogP contribution in [-0.2, 0) is 11.5 Å². The van der Waals surface area contributed by atoms with E-state index in [9.17, 15) is 0 Å². The Morgan fingerprint density at radius 2 is 1.88 bits per heavy atom. The molecule has 0 bridgehead atoms. The van der Waals surface area contributed by atoms with E-state index in [2.05, 4.69) is 60.7 Å². The van der Waals surface area contributed by atoms with Crippen LogP contribution in [0.15, 0.2) is 36.5 Å². The molecule has 0 amide bonds. The highest BCUT2D eigenvalue weighted by Gasteiger charge is 2.12. The van der Waals surface area contributed by atoms with Gasteiger partial charge in [-0.25, -0.2) is 0 Å². The fourth-order valence-corrected chi connectivity index (χ4v) is 2.55. The van der Waals surface area contributed by atoms with Crippen molar-refractivity contribution in [2.45, 2.75) is 32.4 Å². The lowest BCUT2D eigenvalue weighted by atomic mass is 10.2. The van der Waals surface area contributed by atoms with Gasteiger partial charge in [-0.15, -0.1) is 0 Å². The molecule has 0 unspecified atom stereocenters. The molecule has 0 aliphatic heterocycles. The summed E-state index contributed by atoms with van der Waals surface area (Å²) in [6, 6.07) is 11.8. The predicted molar refractivity (Wildman–Crippen MR) is 76.0 cm³/mol. The van der Waals surface area contributed by atoms with Crippen LogP contribution >= 0.6 is 0 Å². The minimum Gasteiger partial charge on any atom is -0.361 e. The van der Waals surface area contributed by atoms with Crippen LogP contribution in [0, 0.1) is 0 Å². The van der Waals surface area contributed by atoms with Crippen molar-refractivity contribution in [3.05, 3.63) is 36.5 Å². The third kappa shape index (κ3) is 3.45. The molecule has 3 heteroatoms. The summed E-state index contributed by atoms with van der Waals surface area (Å²) in [4.78, 5) is 0. The van der Waals surface area contributed by atoms with Crippen molar-refractivity contribution in [3.8, 4) is 0 Å². The molecule has 0 N–H and O–H groups in total. The smallest absolute Gasteiger partial charge is 0.122 e. The molecular formula is C14H21NOSi. The van der Waals surface area contributed by atoms with Gasteiger partial charge in [0.1, 0.15) is 6.73 Å². The van der Waals surface area contributed by atoms with E-state index < -0.39 is 8.07 Å². The summed E-state index contributed by atoms with van der Waals surface area (Å²) in [5, 5.41) is 1.28. The number of benzene rings is 1. The maximum absolute atomic E-state index is 5.76. The summed E-state index contributed by atoms with van der Waals surface area (Å²) in [6.07, 6.45) is 2.10. The molecule has 2 aromatic rings. The number of rotatable bonds is 5. The van der Waals surface area contributed by atoms with Crippen LogP contribution in [0.4, 0.5) is 0 Å². The van der Waals surface area contributed by atoms with E-state index in [4.69, 9.17) is 4.74 Å². The third-order valence-electron chi connectivity index (χ3n) is 2.91. The van der Waals surface area contributed by atoms with Crippen molar-refractivity contribution in [2.24, 2.45) is 0 Å². The summed E-state index contributed by atoms with van der Waals surface area (Å²) in [7, 11) is -0.967. The molecule has 1 heterocycles. The van der Waals surface area contributed by atoms with Gasteiger partial charge in [0.05, 0.1) is 0 Å². The Balaban J connectivity index is 1.91. The molecule has 0 radical (unpaired) electrons. The molecule has 0 aliphatic carbocycles. The number of ether oxygens (including phenoxy) is 1. The Labute approximate surface area is 104 Å². The van der Waals surface area contributed by atoms with E-state index in [1.54, 1.807) is 0 Å². The van der Waals surface area contributed by atoms with Crippen molar-refractivity contribution in [2.75, 3.05) is 6.61 Å². The average molecular weight is 247 g/mol. The highest BCUT2D eigenvalue weighted by atomic mass is 28.3. The van der Waals surface area contributed by atoms with Crippen LogP contribution in [0.2, 0.25) is 25.7 Å². The van der Waals surface area contributed by atoms with Gasteiger partial charge >= 0.3 is 0 Å². The van der Waals surface area contributed by atoms with Gasteiger partial charge in [-0.05, 0) is 23.6 Å². The summed E-state index contributed by atoms with van der Waals surface area (Å²) in [5.74, 6) is 0. The number of fused-ring (bicyclic) bond motifs is 1. The lowest BCUT2D eigenvalue weighted by Gasteiger charge is -2.15. The zero-order chi connectivity index (χ0) is 12.3. The second kappa shape index (κ2) is 5.06. The van der Waals surface area contributed by atoms with Gasteiger partial charge in [0, 0.05) is 26.4 Å². The molecule has 2 rings (SSSR count). The second-order valence-corrected chi connectivity index (χ2v) is 11.3. The molecule has 92 valence electrons. The molecule has 0 aliphatic rings. The number of nitrogens with zero attached hydrogens (tertiary/aromatic N) is 1. The lowest BCUT2D eigenvalue weighted by molar-refractivity contribution is 0.0902. The van der Waals surface area contributed by atoms with Gasteiger partial charge in [-0.3, -0.25) is 0 Å². The van der Waals surface area contributed by atoms with Gasteiger partial charge in [-0.2, -0.15) is 0 Å². The minimum atomic E-state index is -0.967. The first-order valence-corrected chi connectivity index (χ1v) is 9.89. The normalized spacial score (nSPS) is 12.2. The zero-order valence-electron chi connectivity index (χ0n) is 10.9. The van der Waals surface area contributed by atoms with Gasteiger partial charge < -0.3 is 9.30 Å². The van der Waals surface area contributed by atoms with Crippen LogP contribution in [0.1, 0.15) is 0 Å². The summed E-state index contributed by atoms with van der Waals surface area (Å²) in [6.45, 7) is 8.67. The molecule has 0 fully saturated rings. The summed E-state index contributed by atoms with van der Waals surface area (Å²) < 4.78 is 7.93. The largest absolute Gasteiger partial charge is 0.361 e. The molecule has 0 atom stereocenters. The molecular weight excluding hydrogens is 226 g/mol. The van der Waals surface area contributed by atoms with E-state index >= 15 is 0 Å². The van der Waals surface area contributed by atoms with Gasteiger partial charge in [0.2, 0.25) is 0 Å². The van der Waals surface area contributed by atoms with E-state index in [0.717, 1.165) is 6.61 Å². The van der Waals surface area contributed by atoms with Gasteiger partial charge in [0.15, 0.2) is 0 Å². The molecule has 1 aromatic heterocycles. The Morgan fingerprint density at radius 1 is 1.12 bits per heavy atom. The van der Waals surface area contributed by atoms with E-state index in [1.165, 1.54) is 16.9 Å². The number of hydrogen-bond donors (Lipinski definition) is 0. The fourth-order valence-electron chi connectivity index (χ4n) is 1.79. The summed E-state index contributed by atoms with van der Waals surface area (Å²) in [5.41, 5.74) is 1.25. The second-order valence-electron chi connectivity index (χ2n) is 5.69. The molecule has 17 heavy (non-hydrogen) atoms. The van der Waals surface area contributed by atoms with Gasteiger partial charge in [-0.1, -0.05) is 37.8 Å². The van der Waals surface area contributed by atoms with E-state index in [1.807, 2.05) is 0 Å². The van der Waals surface area contributed by atoms with Crippen molar-refractivity contribution >= 4 is 19.0 Å². The predicted octanol–water partition coefficient (Wildman–Crippen LogP) is 3.95. The standard InChI is InChI=1S/C14H21NOSi/c1-17(2,3)11-10-16-12-15-9-8-13-6-4-5-7-14(13)15/h4-9H,10-12H2,1-3H3. The van der Waals surface area contributed by atoms with Crippen molar-refractivity contribution in [1.82, 2.24) is 4.57 Å². The number of para-hydroxylation sites is 1. The maximum atomic E-state index is 5.76. The molecule has 0 saturated carbocycles. The van der Waals surface area contributed by atoms with E-state index in [0.29, 0.717) is 6.73 Å². The minimum absolute atomic E-state index is 0.665. The quantitative estimate of drug-likeness (QED) is 0.576. The number of aromatic nitrogens is 1.